The third-order valence-corrected chi connectivity index (χ3v) is 2.55. The van der Waals surface area contributed by atoms with E-state index in [0.29, 0.717) is 17.1 Å². The van der Waals surface area contributed by atoms with Crippen LogP contribution in [0, 0.1) is 6.54 Å². The molecule has 0 bridgehead atoms. The van der Waals surface area contributed by atoms with Gasteiger partial charge in [0.1, 0.15) is 0 Å². The van der Waals surface area contributed by atoms with E-state index in [1.54, 1.807) is 29.2 Å². The fourth-order valence-corrected chi connectivity index (χ4v) is 1.73. The predicted octanol–water partition coefficient (Wildman–Crippen LogP) is 1.55. The first-order valence-corrected chi connectivity index (χ1v) is 5.26. The number of halogens is 1. The highest BCUT2D eigenvalue weighted by atomic mass is 35.5. The first-order valence-electron chi connectivity index (χ1n) is 4.88. The summed E-state index contributed by atoms with van der Waals surface area (Å²) in [6.45, 7) is 4.16. The summed E-state index contributed by atoms with van der Waals surface area (Å²) in [5.41, 5.74) is 0.639. The Morgan fingerprint density at radius 2 is 2.33 bits per heavy atom. The van der Waals surface area contributed by atoms with Gasteiger partial charge in [-0.3, -0.25) is 4.79 Å². The molecule has 1 fully saturated rings. The molecule has 1 N–H and O–H groups in total. The van der Waals surface area contributed by atoms with Gasteiger partial charge in [-0.15, -0.1) is 0 Å². The maximum Gasteiger partial charge on any atom is 0.254 e. The SMILES string of the molecule is O=C(c1cccc(Cl)c1)N1[CH]CNCC1. The predicted molar refractivity (Wildman–Crippen MR) is 59.7 cm³/mol. The number of rotatable bonds is 1. The number of amides is 1. The molecule has 79 valence electrons. The number of piperazine rings is 1. The Balaban J connectivity index is 2.12. The molecular formula is C11H12ClN2O. The van der Waals surface area contributed by atoms with Crippen molar-refractivity contribution < 1.29 is 4.79 Å². The summed E-state index contributed by atoms with van der Waals surface area (Å²) < 4.78 is 0. The molecule has 15 heavy (non-hydrogen) atoms. The summed E-state index contributed by atoms with van der Waals surface area (Å²) in [5, 5.41) is 3.75. The summed E-state index contributed by atoms with van der Waals surface area (Å²) in [6.07, 6.45) is 0. The zero-order valence-electron chi connectivity index (χ0n) is 8.24. The Kier molecular flexibility index (Phi) is 3.23. The van der Waals surface area contributed by atoms with Gasteiger partial charge in [-0.2, -0.15) is 0 Å². The standard InChI is InChI=1S/C11H12ClN2O/c12-10-3-1-2-9(8-10)11(15)14-6-4-13-5-7-14/h1-3,6,8,13H,4-5,7H2. The van der Waals surface area contributed by atoms with Gasteiger partial charge in [0.2, 0.25) is 0 Å². The minimum Gasteiger partial charge on any atom is -0.331 e. The van der Waals surface area contributed by atoms with Gasteiger partial charge in [0.15, 0.2) is 0 Å². The van der Waals surface area contributed by atoms with Crippen molar-refractivity contribution in [2.45, 2.75) is 0 Å². The van der Waals surface area contributed by atoms with Gasteiger partial charge in [0.25, 0.3) is 5.91 Å². The lowest BCUT2D eigenvalue weighted by molar-refractivity contribution is 0.0782. The molecule has 0 unspecified atom stereocenters. The van der Waals surface area contributed by atoms with Crippen LogP contribution in [0.2, 0.25) is 5.02 Å². The van der Waals surface area contributed by atoms with Crippen LogP contribution in [-0.4, -0.2) is 30.4 Å². The number of hydrogen-bond donors (Lipinski definition) is 1. The van der Waals surface area contributed by atoms with Gasteiger partial charge in [-0.1, -0.05) is 17.7 Å². The molecule has 2 rings (SSSR count). The van der Waals surface area contributed by atoms with E-state index >= 15 is 0 Å². The molecule has 3 nitrogen and oxygen atoms in total. The quantitative estimate of drug-likeness (QED) is 0.784. The van der Waals surface area contributed by atoms with Crippen LogP contribution in [0.1, 0.15) is 10.4 Å². The van der Waals surface area contributed by atoms with Gasteiger partial charge in [-0.05, 0) is 18.2 Å². The smallest absolute Gasteiger partial charge is 0.254 e. The number of hydrogen-bond acceptors (Lipinski definition) is 2. The van der Waals surface area contributed by atoms with Crippen molar-refractivity contribution in [1.29, 1.82) is 0 Å². The van der Waals surface area contributed by atoms with Crippen molar-refractivity contribution in [3.63, 3.8) is 0 Å². The monoisotopic (exact) mass is 223 g/mol. The number of nitrogens with zero attached hydrogens (tertiary/aromatic N) is 1. The summed E-state index contributed by atoms with van der Waals surface area (Å²) in [4.78, 5) is 13.7. The van der Waals surface area contributed by atoms with Crippen molar-refractivity contribution in [3.8, 4) is 0 Å². The van der Waals surface area contributed by atoms with E-state index < -0.39 is 0 Å². The third-order valence-electron chi connectivity index (χ3n) is 2.32. The molecule has 1 saturated heterocycles. The van der Waals surface area contributed by atoms with Gasteiger partial charge < -0.3 is 10.2 Å². The zero-order chi connectivity index (χ0) is 10.7. The van der Waals surface area contributed by atoms with E-state index in [0.717, 1.165) is 13.1 Å². The molecule has 1 heterocycles. The van der Waals surface area contributed by atoms with Crippen molar-refractivity contribution >= 4 is 17.5 Å². The van der Waals surface area contributed by atoms with Crippen LogP contribution in [0.25, 0.3) is 0 Å². The Hall–Kier alpha value is -1.06. The van der Waals surface area contributed by atoms with Gasteiger partial charge in [0, 0.05) is 30.2 Å². The van der Waals surface area contributed by atoms with E-state index in [2.05, 4.69) is 5.32 Å². The van der Waals surface area contributed by atoms with Gasteiger partial charge in [-0.25, -0.2) is 0 Å². The topological polar surface area (TPSA) is 32.3 Å². The van der Waals surface area contributed by atoms with Crippen LogP contribution in [0.3, 0.4) is 0 Å². The average Bonchev–Trinajstić information content (AvgIpc) is 2.29. The lowest BCUT2D eigenvalue weighted by Gasteiger charge is -2.26. The Labute approximate surface area is 94.0 Å². The van der Waals surface area contributed by atoms with E-state index in [1.807, 2.05) is 6.54 Å². The summed E-state index contributed by atoms with van der Waals surface area (Å²) >= 11 is 5.83. The molecular weight excluding hydrogens is 212 g/mol. The number of nitrogens with one attached hydrogen (secondary N) is 1. The lowest BCUT2D eigenvalue weighted by atomic mass is 10.2. The molecule has 1 aliphatic rings. The van der Waals surface area contributed by atoms with Crippen molar-refractivity contribution in [2.24, 2.45) is 0 Å². The zero-order valence-corrected chi connectivity index (χ0v) is 9.00. The van der Waals surface area contributed by atoms with E-state index in [4.69, 9.17) is 11.6 Å². The van der Waals surface area contributed by atoms with Crippen LogP contribution in [0.5, 0.6) is 0 Å². The maximum atomic E-state index is 12.0. The van der Waals surface area contributed by atoms with Crippen molar-refractivity contribution in [2.75, 3.05) is 19.6 Å². The lowest BCUT2D eigenvalue weighted by Crippen LogP contribution is -2.43. The fourth-order valence-electron chi connectivity index (χ4n) is 1.54. The van der Waals surface area contributed by atoms with E-state index in [-0.39, 0.29) is 5.91 Å². The minimum atomic E-state index is 0.0130. The highest BCUT2D eigenvalue weighted by molar-refractivity contribution is 6.30. The molecule has 1 aliphatic heterocycles. The van der Waals surface area contributed by atoms with Crippen LogP contribution in [0.15, 0.2) is 24.3 Å². The molecule has 4 heteroatoms. The second-order valence-electron chi connectivity index (χ2n) is 3.40. The molecule has 1 amide bonds. The van der Waals surface area contributed by atoms with Crippen molar-refractivity contribution in [3.05, 3.63) is 41.4 Å². The van der Waals surface area contributed by atoms with Crippen LogP contribution in [-0.2, 0) is 0 Å². The molecule has 0 spiro atoms. The Bertz CT molecular complexity index is 361. The summed E-state index contributed by atoms with van der Waals surface area (Å²) in [5.74, 6) is 0.0130. The van der Waals surface area contributed by atoms with E-state index in [9.17, 15) is 4.79 Å². The molecule has 1 aromatic carbocycles. The van der Waals surface area contributed by atoms with Crippen LogP contribution >= 0.6 is 11.6 Å². The Morgan fingerprint density at radius 1 is 1.47 bits per heavy atom. The molecule has 0 aliphatic carbocycles. The van der Waals surface area contributed by atoms with Gasteiger partial charge >= 0.3 is 0 Å². The van der Waals surface area contributed by atoms with Crippen LogP contribution < -0.4 is 5.32 Å². The molecule has 0 saturated carbocycles. The summed E-state index contributed by atoms with van der Waals surface area (Å²) in [7, 11) is 0. The van der Waals surface area contributed by atoms with Crippen LogP contribution in [0.4, 0.5) is 0 Å². The number of carbonyl (C=O) groups is 1. The minimum absolute atomic E-state index is 0.0130. The first kappa shape index (κ1) is 10.5. The highest BCUT2D eigenvalue weighted by Gasteiger charge is 2.17. The number of carbonyl (C=O) groups excluding carboxylic acids is 1. The molecule has 1 aromatic rings. The number of benzene rings is 1. The van der Waals surface area contributed by atoms with Gasteiger partial charge in [0.05, 0.1) is 6.54 Å². The maximum absolute atomic E-state index is 12.0. The third kappa shape index (κ3) is 2.49. The average molecular weight is 224 g/mol. The normalized spacial score (nSPS) is 16.5. The van der Waals surface area contributed by atoms with E-state index in [1.165, 1.54) is 0 Å². The first-order chi connectivity index (χ1) is 7.27. The fraction of sp³-hybridized carbons (Fsp3) is 0.273. The highest BCUT2D eigenvalue weighted by Crippen LogP contribution is 2.13. The second-order valence-corrected chi connectivity index (χ2v) is 3.83. The molecule has 0 aromatic heterocycles. The van der Waals surface area contributed by atoms with Crippen molar-refractivity contribution in [1.82, 2.24) is 10.2 Å². The Morgan fingerprint density at radius 3 is 3.00 bits per heavy atom. The molecule has 0 atom stereocenters. The second kappa shape index (κ2) is 4.64. The largest absolute Gasteiger partial charge is 0.331 e. The molecule has 1 radical (unpaired) electrons. The summed E-state index contributed by atoms with van der Waals surface area (Å²) in [6, 6.07) is 7.03.